The van der Waals surface area contributed by atoms with Gasteiger partial charge in [-0.25, -0.2) is 0 Å². The molecule has 2 rings (SSSR count). The number of rotatable bonds is 8. The van der Waals surface area contributed by atoms with Crippen LogP contribution in [0.2, 0.25) is 0 Å². The molecule has 5 nitrogen and oxygen atoms in total. The molecule has 1 aromatic rings. The van der Waals surface area contributed by atoms with Gasteiger partial charge in [-0.1, -0.05) is 18.9 Å². The number of carbonyl (C=O) groups excluding carboxylic acids is 1. The van der Waals surface area contributed by atoms with Crippen molar-refractivity contribution in [3.05, 3.63) is 23.8 Å². The topological polar surface area (TPSA) is 73.6 Å². The summed E-state index contributed by atoms with van der Waals surface area (Å²) in [5, 5.41) is 2.92. The van der Waals surface area contributed by atoms with Crippen molar-refractivity contribution >= 4 is 5.91 Å². The lowest BCUT2D eigenvalue weighted by Crippen LogP contribution is -2.22. The Balaban J connectivity index is 1.66. The van der Waals surface area contributed by atoms with Crippen LogP contribution < -0.4 is 20.5 Å². The van der Waals surface area contributed by atoms with Gasteiger partial charge in [0.05, 0.1) is 0 Å². The molecular weight excluding hydrogens is 256 g/mol. The minimum absolute atomic E-state index is 0.0930. The van der Waals surface area contributed by atoms with E-state index >= 15 is 0 Å². The number of carbonyl (C=O) groups is 1. The van der Waals surface area contributed by atoms with Crippen LogP contribution in [0.4, 0.5) is 0 Å². The van der Waals surface area contributed by atoms with E-state index in [0.29, 0.717) is 13.0 Å². The highest BCUT2D eigenvalue weighted by molar-refractivity contribution is 5.75. The molecule has 0 fully saturated rings. The van der Waals surface area contributed by atoms with Crippen LogP contribution in [-0.2, 0) is 11.3 Å². The van der Waals surface area contributed by atoms with Gasteiger partial charge in [-0.3, -0.25) is 4.79 Å². The number of unbranched alkanes of at least 4 members (excludes halogenated alkanes) is 3. The van der Waals surface area contributed by atoms with Gasteiger partial charge in [0, 0.05) is 13.0 Å². The minimum Gasteiger partial charge on any atom is -0.454 e. The van der Waals surface area contributed by atoms with E-state index < -0.39 is 0 Å². The van der Waals surface area contributed by atoms with Gasteiger partial charge in [0.2, 0.25) is 12.7 Å². The Morgan fingerprint density at radius 2 is 1.95 bits per heavy atom. The Morgan fingerprint density at radius 3 is 2.80 bits per heavy atom. The van der Waals surface area contributed by atoms with Gasteiger partial charge >= 0.3 is 0 Å². The zero-order valence-electron chi connectivity index (χ0n) is 11.7. The van der Waals surface area contributed by atoms with Crippen molar-refractivity contribution in [1.29, 1.82) is 0 Å². The largest absolute Gasteiger partial charge is 0.454 e. The standard InChI is InChI=1S/C15H22N2O3/c16-8-4-2-1-3-5-15(18)17-10-12-6-7-13-14(9-12)20-11-19-13/h6-7,9H,1-5,8,10-11,16H2,(H,17,18). The van der Waals surface area contributed by atoms with Gasteiger partial charge in [-0.15, -0.1) is 0 Å². The zero-order chi connectivity index (χ0) is 14.2. The number of nitrogens with one attached hydrogen (secondary N) is 1. The van der Waals surface area contributed by atoms with E-state index in [-0.39, 0.29) is 12.7 Å². The van der Waals surface area contributed by atoms with Crippen molar-refractivity contribution in [3.63, 3.8) is 0 Å². The van der Waals surface area contributed by atoms with E-state index in [1.165, 1.54) is 0 Å². The van der Waals surface area contributed by atoms with Crippen molar-refractivity contribution in [2.24, 2.45) is 5.73 Å². The normalized spacial score (nSPS) is 12.4. The molecular formula is C15H22N2O3. The van der Waals surface area contributed by atoms with Gasteiger partial charge in [0.15, 0.2) is 11.5 Å². The molecule has 110 valence electrons. The first-order valence-corrected chi connectivity index (χ1v) is 7.15. The molecule has 1 aliphatic rings. The number of hydrogen-bond acceptors (Lipinski definition) is 4. The van der Waals surface area contributed by atoms with Crippen LogP contribution in [0.25, 0.3) is 0 Å². The van der Waals surface area contributed by atoms with E-state index in [9.17, 15) is 4.79 Å². The average Bonchev–Trinajstić information content (AvgIpc) is 2.92. The molecule has 5 heteroatoms. The van der Waals surface area contributed by atoms with E-state index in [0.717, 1.165) is 49.3 Å². The van der Waals surface area contributed by atoms with Crippen LogP contribution in [0, 0.1) is 0 Å². The summed E-state index contributed by atoms with van der Waals surface area (Å²) in [5.74, 6) is 1.61. The lowest BCUT2D eigenvalue weighted by atomic mass is 10.1. The van der Waals surface area contributed by atoms with Crippen molar-refractivity contribution < 1.29 is 14.3 Å². The molecule has 3 N–H and O–H groups in total. The summed E-state index contributed by atoms with van der Waals surface area (Å²) in [5.41, 5.74) is 6.44. The van der Waals surface area contributed by atoms with Crippen molar-refractivity contribution in [2.75, 3.05) is 13.3 Å². The summed E-state index contributed by atoms with van der Waals surface area (Å²) in [7, 11) is 0. The molecule has 0 saturated carbocycles. The van der Waals surface area contributed by atoms with Crippen LogP contribution in [0.3, 0.4) is 0 Å². The zero-order valence-corrected chi connectivity index (χ0v) is 11.7. The Bertz CT molecular complexity index is 449. The van der Waals surface area contributed by atoms with Crippen LogP contribution in [0.15, 0.2) is 18.2 Å². The first-order chi connectivity index (χ1) is 9.79. The molecule has 20 heavy (non-hydrogen) atoms. The third-order valence-electron chi connectivity index (χ3n) is 3.28. The molecule has 0 saturated heterocycles. The Morgan fingerprint density at radius 1 is 1.15 bits per heavy atom. The van der Waals surface area contributed by atoms with Crippen LogP contribution in [0.1, 0.15) is 37.7 Å². The van der Waals surface area contributed by atoms with Crippen molar-refractivity contribution in [1.82, 2.24) is 5.32 Å². The first kappa shape index (κ1) is 14.7. The molecule has 0 aliphatic carbocycles. The summed E-state index contributed by atoms with van der Waals surface area (Å²) < 4.78 is 10.5. The summed E-state index contributed by atoms with van der Waals surface area (Å²) in [6.07, 6.45) is 4.71. The van der Waals surface area contributed by atoms with Gasteiger partial charge in [-0.2, -0.15) is 0 Å². The monoisotopic (exact) mass is 278 g/mol. The molecule has 0 radical (unpaired) electrons. The number of amides is 1. The average molecular weight is 278 g/mol. The maximum absolute atomic E-state index is 11.7. The van der Waals surface area contributed by atoms with E-state index in [1.54, 1.807) is 0 Å². The second-order valence-electron chi connectivity index (χ2n) is 4.92. The fourth-order valence-electron chi connectivity index (χ4n) is 2.12. The third-order valence-corrected chi connectivity index (χ3v) is 3.28. The maximum atomic E-state index is 11.7. The van der Waals surface area contributed by atoms with Gasteiger partial charge in [0.25, 0.3) is 0 Å². The lowest BCUT2D eigenvalue weighted by molar-refractivity contribution is -0.121. The smallest absolute Gasteiger partial charge is 0.231 e. The van der Waals surface area contributed by atoms with Crippen LogP contribution in [-0.4, -0.2) is 19.2 Å². The summed E-state index contributed by atoms with van der Waals surface area (Å²) in [4.78, 5) is 11.7. The third kappa shape index (κ3) is 4.42. The molecule has 0 bridgehead atoms. The molecule has 0 atom stereocenters. The quantitative estimate of drug-likeness (QED) is 0.713. The van der Waals surface area contributed by atoms with Crippen molar-refractivity contribution in [2.45, 2.75) is 38.6 Å². The number of benzene rings is 1. The first-order valence-electron chi connectivity index (χ1n) is 7.15. The van der Waals surface area contributed by atoms with Gasteiger partial charge in [0.1, 0.15) is 0 Å². The number of fused-ring (bicyclic) bond motifs is 1. The number of ether oxygens (including phenoxy) is 2. The molecule has 1 aromatic carbocycles. The molecule has 1 amide bonds. The summed E-state index contributed by atoms with van der Waals surface area (Å²) >= 11 is 0. The fourth-order valence-corrected chi connectivity index (χ4v) is 2.12. The summed E-state index contributed by atoms with van der Waals surface area (Å²) in [6.45, 7) is 1.53. The summed E-state index contributed by atoms with van der Waals surface area (Å²) in [6, 6.07) is 5.72. The van der Waals surface area contributed by atoms with E-state index in [4.69, 9.17) is 15.2 Å². The second kappa shape index (κ2) is 7.75. The highest BCUT2D eigenvalue weighted by Crippen LogP contribution is 2.32. The van der Waals surface area contributed by atoms with E-state index in [1.807, 2.05) is 18.2 Å². The molecule has 0 unspecified atom stereocenters. The fraction of sp³-hybridized carbons (Fsp3) is 0.533. The van der Waals surface area contributed by atoms with Crippen LogP contribution in [0.5, 0.6) is 11.5 Å². The minimum atomic E-state index is 0.0930. The number of nitrogens with two attached hydrogens (primary N) is 1. The molecule has 1 aliphatic heterocycles. The SMILES string of the molecule is NCCCCCCC(=O)NCc1ccc2c(c1)OCO2. The van der Waals surface area contributed by atoms with Gasteiger partial charge < -0.3 is 20.5 Å². The predicted molar refractivity (Wildman–Crippen MR) is 76.6 cm³/mol. The second-order valence-corrected chi connectivity index (χ2v) is 4.92. The number of hydrogen-bond donors (Lipinski definition) is 2. The molecule has 0 aromatic heterocycles. The highest BCUT2D eigenvalue weighted by atomic mass is 16.7. The molecule has 1 heterocycles. The predicted octanol–water partition coefficient (Wildman–Crippen LogP) is 1.94. The maximum Gasteiger partial charge on any atom is 0.231 e. The van der Waals surface area contributed by atoms with Crippen LogP contribution >= 0.6 is 0 Å². The molecule has 0 spiro atoms. The highest BCUT2D eigenvalue weighted by Gasteiger charge is 2.13. The van der Waals surface area contributed by atoms with Gasteiger partial charge in [-0.05, 0) is 37.1 Å². The lowest BCUT2D eigenvalue weighted by Gasteiger charge is -2.06. The van der Waals surface area contributed by atoms with E-state index in [2.05, 4.69) is 5.32 Å². The Labute approximate surface area is 119 Å². The Kier molecular flexibility index (Phi) is 5.68. The van der Waals surface area contributed by atoms with Crippen molar-refractivity contribution in [3.8, 4) is 11.5 Å². The Hall–Kier alpha value is -1.75.